The number of aliphatic hydroxyl groups excluding tert-OH is 3. The molecule has 5 aliphatic rings. The van der Waals surface area contributed by atoms with Crippen LogP contribution in [0, 0.1) is 28.6 Å². The molecule has 4 fully saturated rings. The number of aliphatic hydroxyl groups is 4. The summed E-state index contributed by atoms with van der Waals surface area (Å²) < 4.78 is 12.1. The molecule has 6 nitrogen and oxygen atoms in total. The third-order valence-electron chi connectivity index (χ3n) is 11.0. The summed E-state index contributed by atoms with van der Waals surface area (Å²) in [5, 5.41) is 42.5. The molecule has 0 aromatic carbocycles. The summed E-state index contributed by atoms with van der Waals surface area (Å²) in [6.45, 7) is 8.40. The quantitative estimate of drug-likeness (QED) is 0.479. The zero-order valence-electron chi connectivity index (χ0n) is 20.7. The van der Waals surface area contributed by atoms with Gasteiger partial charge in [-0.1, -0.05) is 25.5 Å². The van der Waals surface area contributed by atoms with E-state index in [2.05, 4.69) is 19.9 Å². The van der Waals surface area contributed by atoms with Crippen LogP contribution in [0.4, 0.5) is 0 Å². The fraction of sp³-hybridized carbons (Fsp3) is 0.926. The van der Waals surface area contributed by atoms with E-state index in [-0.39, 0.29) is 23.4 Å². The van der Waals surface area contributed by atoms with Gasteiger partial charge in [0.15, 0.2) is 6.29 Å². The van der Waals surface area contributed by atoms with Crippen molar-refractivity contribution in [2.75, 3.05) is 0 Å². The van der Waals surface area contributed by atoms with Gasteiger partial charge in [0, 0.05) is 11.8 Å². The fourth-order valence-corrected chi connectivity index (χ4v) is 8.81. The van der Waals surface area contributed by atoms with Gasteiger partial charge in [-0.15, -0.1) is 0 Å². The maximum Gasteiger partial charge on any atom is 0.161 e. The van der Waals surface area contributed by atoms with Gasteiger partial charge in [0.05, 0.1) is 30.0 Å². The van der Waals surface area contributed by atoms with Crippen LogP contribution in [0.5, 0.6) is 0 Å². The standard InChI is InChI=1S/C27H44O6/c1-15-24(30)22(29)14-23(32-15)33-16(2)27(31)12-9-21-19-6-5-17-13-18(28)7-10-25(17,3)20(19)8-11-26(21,27)4/h5,15-16,18-24,28-31H,6-14H2,1-4H3/t15-,16+,18+,19-,20+,21+,22-,23+,24-,25+,26+,27+/m0/s1. The van der Waals surface area contributed by atoms with Crippen molar-refractivity contribution in [1.29, 1.82) is 0 Å². The number of allylic oxidation sites excluding steroid dienone is 1. The lowest BCUT2D eigenvalue weighted by molar-refractivity contribution is -0.288. The molecule has 6 heteroatoms. The first kappa shape index (κ1) is 24.2. The molecule has 188 valence electrons. The first-order valence-corrected chi connectivity index (χ1v) is 13.3. The lowest BCUT2D eigenvalue weighted by Gasteiger charge is -2.59. The average molecular weight is 465 g/mol. The van der Waals surface area contributed by atoms with Crippen molar-refractivity contribution in [3.8, 4) is 0 Å². The van der Waals surface area contributed by atoms with E-state index in [4.69, 9.17) is 9.47 Å². The van der Waals surface area contributed by atoms with Crippen LogP contribution < -0.4 is 0 Å². The van der Waals surface area contributed by atoms with Crippen molar-refractivity contribution in [3.05, 3.63) is 11.6 Å². The number of hydrogen-bond acceptors (Lipinski definition) is 6. The van der Waals surface area contributed by atoms with E-state index >= 15 is 0 Å². The molecule has 0 aromatic rings. The molecule has 1 saturated heterocycles. The highest BCUT2D eigenvalue weighted by atomic mass is 16.7. The van der Waals surface area contributed by atoms with Crippen LogP contribution in [0.25, 0.3) is 0 Å². The summed E-state index contributed by atoms with van der Waals surface area (Å²) in [7, 11) is 0. The van der Waals surface area contributed by atoms with E-state index in [1.807, 2.05) is 6.92 Å². The summed E-state index contributed by atoms with van der Waals surface area (Å²) in [4.78, 5) is 0. The molecular weight excluding hydrogens is 420 g/mol. The Morgan fingerprint density at radius 1 is 1.06 bits per heavy atom. The smallest absolute Gasteiger partial charge is 0.161 e. The van der Waals surface area contributed by atoms with E-state index in [1.165, 1.54) is 5.57 Å². The van der Waals surface area contributed by atoms with Crippen molar-refractivity contribution in [1.82, 2.24) is 0 Å². The van der Waals surface area contributed by atoms with Crippen molar-refractivity contribution < 1.29 is 29.9 Å². The molecule has 0 radical (unpaired) electrons. The zero-order chi connectivity index (χ0) is 23.8. The van der Waals surface area contributed by atoms with Gasteiger partial charge in [0.2, 0.25) is 0 Å². The second kappa shape index (κ2) is 8.28. The third kappa shape index (κ3) is 3.58. The SMILES string of the molecule is C[C@@H]1O[C@H](O[C@H](C)[C@]2(O)CC[C@@H]3[C@H]4CC=C5C[C@H](O)CC[C@@]5(C)[C@@H]4CC[C@]32C)C[C@H](O)[C@H]1O. The van der Waals surface area contributed by atoms with Gasteiger partial charge in [-0.25, -0.2) is 0 Å². The van der Waals surface area contributed by atoms with Crippen LogP contribution in [0.3, 0.4) is 0 Å². The molecule has 0 bridgehead atoms. The summed E-state index contributed by atoms with van der Waals surface area (Å²) in [5.41, 5.74) is 0.501. The Kier molecular flexibility index (Phi) is 6.07. The van der Waals surface area contributed by atoms with E-state index in [1.54, 1.807) is 6.92 Å². The summed E-state index contributed by atoms with van der Waals surface area (Å²) in [6.07, 6.45) is 6.81. The van der Waals surface area contributed by atoms with Crippen LogP contribution in [-0.2, 0) is 9.47 Å². The average Bonchev–Trinajstić information content (AvgIpc) is 3.04. The minimum atomic E-state index is -0.941. The van der Waals surface area contributed by atoms with Crippen molar-refractivity contribution >= 4 is 0 Å². The summed E-state index contributed by atoms with van der Waals surface area (Å²) in [5.74, 6) is 1.64. The Balaban J connectivity index is 1.34. The lowest BCUT2D eigenvalue weighted by atomic mass is 9.46. The first-order chi connectivity index (χ1) is 15.5. The molecule has 0 aromatic heterocycles. The monoisotopic (exact) mass is 464 g/mol. The number of rotatable bonds is 3. The van der Waals surface area contributed by atoms with E-state index in [0.717, 1.165) is 51.4 Å². The van der Waals surface area contributed by atoms with Gasteiger partial charge in [0.25, 0.3) is 0 Å². The van der Waals surface area contributed by atoms with Gasteiger partial charge in [-0.05, 0) is 88.4 Å². The van der Waals surface area contributed by atoms with Crippen LogP contribution in [-0.4, -0.2) is 62.8 Å². The van der Waals surface area contributed by atoms with Crippen molar-refractivity contribution in [2.45, 2.75) is 128 Å². The van der Waals surface area contributed by atoms with Crippen LogP contribution in [0.2, 0.25) is 0 Å². The van der Waals surface area contributed by atoms with Gasteiger partial charge in [-0.3, -0.25) is 0 Å². The Bertz CT molecular complexity index is 773. The van der Waals surface area contributed by atoms with E-state index < -0.39 is 36.3 Å². The van der Waals surface area contributed by atoms with Crippen molar-refractivity contribution in [2.24, 2.45) is 28.6 Å². The molecule has 3 saturated carbocycles. The second-order valence-corrected chi connectivity index (χ2v) is 12.4. The van der Waals surface area contributed by atoms with Crippen LogP contribution >= 0.6 is 0 Å². The molecule has 4 aliphatic carbocycles. The maximum atomic E-state index is 12.1. The number of hydrogen-bond donors (Lipinski definition) is 4. The van der Waals surface area contributed by atoms with Gasteiger partial charge in [0.1, 0.15) is 6.10 Å². The highest BCUT2D eigenvalue weighted by molar-refractivity contribution is 5.26. The highest BCUT2D eigenvalue weighted by Gasteiger charge is 2.65. The van der Waals surface area contributed by atoms with E-state index in [0.29, 0.717) is 17.8 Å². The van der Waals surface area contributed by atoms with Gasteiger partial charge >= 0.3 is 0 Å². The van der Waals surface area contributed by atoms with Crippen LogP contribution in [0.15, 0.2) is 11.6 Å². The molecule has 4 N–H and O–H groups in total. The Morgan fingerprint density at radius 2 is 1.79 bits per heavy atom. The Morgan fingerprint density at radius 3 is 2.52 bits per heavy atom. The summed E-state index contributed by atoms with van der Waals surface area (Å²) >= 11 is 0. The largest absolute Gasteiger partial charge is 0.393 e. The minimum absolute atomic E-state index is 0.186. The van der Waals surface area contributed by atoms with Gasteiger partial charge in [-0.2, -0.15) is 0 Å². The molecular formula is C27H44O6. The second-order valence-electron chi connectivity index (χ2n) is 12.4. The Labute approximate surface area is 198 Å². The highest BCUT2D eigenvalue weighted by Crippen LogP contribution is 2.67. The van der Waals surface area contributed by atoms with Crippen LogP contribution in [0.1, 0.15) is 85.5 Å². The Hall–Kier alpha value is -0.500. The predicted octanol–water partition coefficient (Wildman–Crippen LogP) is 3.30. The van der Waals surface area contributed by atoms with Gasteiger partial charge < -0.3 is 29.9 Å². The molecule has 33 heavy (non-hydrogen) atoms. The molecule has 1 heterocycles. The lowest BCUT2D eigenvalue weighted by Crippen LogP contribution is -2.59. The molecule has 1 aliphatic heterocycles. The first-order valence-electron chi connectivity index (χ1n) is 13.3. The number of ether oxygens (including phenoxy) is 2. The molecule has 0 spiro atoms. The molecule has 12 atom stereocenters. The zero-order valence-corrected chi connectivity index (χ0v) is 20.7. The molecule has 5 rings (SSSR count). The molecule has 0 unspecified atom stereocenters. The van der Waals surface area contributed by atoms with E-state index in [9.17, 15) is 20.4 Å². The van der Waals surface area contributed by atoms with Crippen molar-refractivity contribution in [3.63, 3.8) is 0 Å². The summed E-state index contributed by atoms with van der Waals surface area (Å²) in [6, 6.07) is 0. The third-order valence-corrected chi connectivity index (χ3v) is 11.0. The maximum absolute atomic E-state index is 12.1. The number of fused-ring (bicyclic) bond motifs is 5. The minimum Gasteiger partial charge on any atom is -0.393 e. The topological polar surface area (TPSA) is 99.4 Å². The normalized spacial score (nSPS) is 55.2. The molecule has 0 amide bonds. The fourth-order valence-electron chi connectivity index (χ4n) is 8.81. The predicted molar refractivity (Wildman–Crippen MR) is 124 cm³/mol.